The Bertz CT molecular complexity index is 1010. The maximum Gasteiger partial charge on any atom is 0.0742 e. The van der Waals surface area contributed by atoms with Crippen molar-refractivity contribution in [1.29, 1.82) is 0 Å². The van der Waals surface area contributed by atoms with E-state index in [4.69, 9.17) is 23.2 Å². The highest BCUT2D eigenvalue weighted by Gasteiger charge is 2.18. The Morgan fingerprint density at radius 2 is 1.45 bits per heavy atom. The lowest BCUT2D eigenvalue weighted by atomic mass is 10.1. The van der Waals surface area contributed by atoms with Crippen LogP contribution in [-0.4, -0.2) is 4.57 Å². The van der Waals surface area contributed by atoms with Gasteiger partial charge in [0.1, 0.15) is 0 Å². The summed E-state index contributed by atoms with van der Waals surface area (Å²) in [7, 11) is 0. The molecule has 0 fully saturated rings. The van der Waals surface area contributed by atoms with E-state index < -0.39 is 0 Å². The van der Waals surface area contributed by atoms with Crippen molar-refractivity contribution >= 4 is 60.9 Å². The monoisotopic (exact) mass is 389 g/mol. The molecule has 22 heavy (non-hydrogen) atoms. The SMILES string of the molecule is Clc1ccc(Cl)c2c1c1c(Br)cccc1n2-c1ccccc1. The smallest absolute Gasteiger partial charge is 0.0742 e. The molecular weight excluding hydrogens is 381 g/mol. The van der Waals surface area contributed by atoms with Crippen molar-refractivity contribution in [3.05, 3.63) is 75.2 Å². The molecule has 108 valence electrons. The molecule has 3 aromatic carbocycles. The molecule has 0 amide bonds. The second kappa shape index (κ2) is 5.31. The van der Waals surface area contributed by atoms with E-state index in [2.05, 4.69) is 38.7 Å². The van der Waals surface area contributed by atoms with Crippen LogP contribution in [0.4, 0.5) is 0 Å². The Labute approximate surface area is 146 Å². The topological polar surface area (TPSA) is 4.93 Å². The first kappa shape index (κ1) is 14.1. The highest BCUT2D eigenvalue weighted by molar-refractivity contribution is 9.10. The third-order valence-electron chi connectivity index (χ3n) is 3.80. The molecular formula is C18H10BrCl2N. The minimum absolute atomic E-state index is 0.686. The molecule has 4 aromatic rings. The van der Waals surface area contributed by atoms with Crippen molar-refractivity contribution in [3.8, 4) is 5.69 Å². The maximum absolute atomic E-state index is 6.51. The van der Waals surface area contributed by atoms with E-state index in [1.807, 2.05) is 42.5 Å². The zero-order valence-electron chi connectivity index (χ0n) is 11.4. The van der Waals surface area contributed by atoms with Crippen molar-refractivity contribution in [2.45, 2.75) is 0 Å². The van der Waals surface area contributed by atoms with Crippen molar-refractivity contribution in [2.75, 3.05) is 0 Å². The normalized spacial score (nSPS) is 11.4. The zero-order valence-corrected chi connectivity index (χ0v) is 14.5. The van der Waals surface area contributed by atoms with Gasteiger partial charge in [-0.05, 0) is 36.4 Å². The van der Waals surface area contributed by atoms with Gasteiger partial charge in [-0.15, -0.1) is 0 Å². The van der Waals surface area contributed by atoms with Gasteiger partial charge in [0.05, 0.1) is 21.1 Å². The Morgan fingerprint density at radius 3 is 2.23 bits per heavy atom. The number of halogens is 3. The summed E-state index contributed by atoms with van der Waals surface area (Å²) in [5, 5.41) is 3.44. The molecule has 4 rings (SSSR count). The lowest BCUT2D eigenvalue weighted by molar-refractivity contribution is 1.18. The average Bonchev–Trinajstić information content (AvgIpc) is 2.89. The molecule has 0 N–H and O–H groups in total. The van der Waals surface area contributed by atoms with Crippen LogP contribution in [0.25, 0.3) is 27.5 Å². The Balaban J connectivity index is 2.33. The van der Waals surface area contributed by atoms with Gasteiger partial charge >= 0.3 is 0 Å². The minimum atomic E-state index is 0.686. The van der Waals surface area contributed by atoms with Gasteiger partial charge in [-0.1, -0.05) is 63.4 Å². The summed E-state index contributed by atoms with van der Waals surface area (Å²) >= 11 is 16.6. The third-order valence-corrected chi connectivity index (χ3v) is 5.08. The standard InChI is InChI=1S/C18H10BrCl2N/c19-12-7-4-8-15-16(12)17-13(20)9-10-14(21)18(17)22(15)11-5-2-1-3-6-11/h1-10H. The number of rotatable bonds is 1. The van der Waals surface area contributed by atoms with Crippen LogP contribution in [0.1, 0.15) is 0 Å². The highest BCUT2D eigenvalue weighted by atomic mass is 79.9. The summed E-state index contributed by atoms with van der Waals surface area (Å²) in [6, 6.07) is 20.0. The first-order valence-electron chi connectivity index (χ1n) is 6.80. The molecule has 1 aromatic heterocycles. The summed E-state index contributed by atoms with van der Waals surface area (Å²) in [5.41, 5.74) is 3.07. The number of aromatic nitrogens is 1. The summed E-state index contributed by atoms with van der Waals surface area (Å²) in [6.07, 6.45) is 0. The van der Waals surface area contributed by atoms with Crippen LogP contribution in [0.15, 0.2) is 65.1 Å². The number of fused-ring (bicyclic) bond motifs is 3. The molecule has 0 radical (unpaired) electrons. The molecule has 1 nitrogen and oxygen atoms in total. The Kier molecular flexibility index (Phi) is 3.41. The highest BCUT2D eigenvalue weighted by Crippen LogP contribution is 2.42. The predicted octanol–water partition coefficient (Wildman–Crippen LogP) is 6.85. The molecule has 0 unspecified atom stereocenters. The van der Waals surface area contributed by atoms with Crippen molar-refractivity contribution in [1.82, 2.24) is 4.57 Å². The molecule has 0 saturated heterocycles. The van der Waals surface area contributed by atoms with Crippen molar-refractivity contribution in [3.63, 3.8) is 0 Å². The number of hydrogen-bond acceptors (Lipinski definition) is 0. The van der Waals surface area contributed by atoms with Crippen LogP contribution in [0.3, 0.4) is 0 Å². The zero-order chi connectivity index (χ0) is 15.3. The molecule has 0 atom stereocenters. The average molecular weight is 391 g/mol. The lowest BCUT2D eigenvalue weighted by Crippen LogP contribution is -1.93. The molecule has 0 bridgehead atoms. The summed E-state index contributed by atoms with van der Waals surface area (Å²) in [5.74, 6) is 0. The minimum Gasteiger partial charge on any atom is -0.308 e. The summed E-state index contributed by atoms with van der Waals surface area (Å²) < 4.78 is 3.16. The fourth-order valence-corrected chi connectivity index (χ4v) is 3.95. The van der Waals surface area contributed by atoms with Gasteiger partial charge in [0, 0.05) is 20.9 Å². The van der Waals surface area contributed by atoms with Crippen molar-refractivity contribution in [2.24, 2.45) is 0 Å². The fraction of sp³-hybridized carbons (Fsp3) is 0. The number of benzene rings is 3. The molecule has 1 heterocycles. The number of hydrogen-bond donors (Lipinski definition) is 0. The second-order valence-corrected chi connectivity index (χ2v) is 6.73. The van der Waals surface area contributed by atoms with Crippen LogP contribution >= 0.6 is 39.1 Å². The first-order valence-corrected chi connectivity index (χ1v) is 8.35. The van der Waals surface area contributed by atoms with Crippen LogP contribution < -0.4 is 0 Å². The lowest BCUT2D eigenvalue weighted by Gasteiger charge is -2.08. The van der Waals surface area contributed by atoms with E-state index >= 15 is 0 Å². The van der Waals surface area contributed by atoms with E-state index in [9.17, 15) is 0 Å². The van der Waals surface area contributed by atoms with E-state index in [0.29, 0.717) is 10.0 Å². The van der Waals surface area contributed by atoms with E-state index in [1.165, 1.54) is 0 Å². The fourth-order valence-electron chi connectivity index (χ4n) is 2.91. The summed E-state index contributed by atoms with van der Waals surface area (Å²) in [6.45, 7) is 0. The Hall–Kier alpha value is -1.48. The molecule has 0 aliphatic carbocycles. The molecule has 0 spiro atoms. The van der Waals surface area contributed by atoms with Crippen molar-refractivity contribution < 1.29 is 0 Å². The predicted molar refractivity (Wildman–Crippen MR) is 98.5 cm³/mol. The van der Waals surface area contributed by atoms with Crippen LogP contribution in [0.2, 0.25) is 10.0 Å². The number of nitrogens with zero attached hydrogens (tertiary/aromatic N) is 1. The van der Waals surface area contributed by atoms with Crippen LogP contribution in [0, 0.1) is 0 Å². The van der Waals surface area contributed by atoms with Gasteiger partial charge in [-0.2, -0.15) is 0 Å². The second-order valence-electron chi connectivity index (χ2n) is 5.06. The van der Waals surface area contributed by atoms with E-state index in [-0.39, 0.29) is 0 Å². The van der Waals surface area contributed by atoms with Gasteiger partial charge in [0.25, 0.3) is 0 Å². The van der Waals surface area contributed by atoms with Gasteiger partial charge in [-0.25, -0.2) is 0 Å². The van der Waals surface area contributed by atoms with Gasteiger partial charge < -0.3 is 4.57 Å². The van der Waals surface area contributed by atoms with Crippen LogP contribution in [0.5, 0.6) is 0 Å². The van der Waals surface area contributed by atoms with Crippen LogP contribution in [-0.2, 0) is 0 Å². The van der Waals surface area contributed by atoms with E-state index in [0.717, 1.165) is 32.0 Å². The molecule has 0 saturated carbocycles. The van der Waals surface area contributed by atoms with Gasteiger partial charge in [-0.3, -0.25) is 0 Å². The quantitative estimate of drug-likeness (QED) is 0.334. The van der Waals surface area contributed by atoms with Gasteiger partial charge in [0.15, 0.2) is 0 Å². The molecule has 0 aliphatic rings. The van der Waals surface area contributed by atoms with E-state index in [1.54, 1.807) is 0 Å². The number of para-hydroxylation sites is 1. The molecule has 4 heteroatoms. The Morgan fingerprint density at radius 1 is 0.727 bits per heavy atom. The maximum atomic E-state index is 6.51. The van der Waals surface area contributed by atoms with Gasteiger partial charge in [0.2, 0.25) is 0 Å². The third kappa shape index (κ3) is 1.98. The largest absolute Gasteiger partial charge is 0.308 e. The summed E-state index contributed by atoms with van der Waals surface area (Å²) in [4.78, 5) is 0. The first-order chi connectivity index (χ1) is 10.7. The molecule has 0 aliphatic heterocycles.